The van der Waals surface area contributed by atoms with E-state index >= 15 is 0 Å². The van der Waals surface area contributed by atoms with E-state index in [1.807, 2.05) is 11.9 Å². The first-order valence-corrected chi connectivity index (χ1v) is 8.61. The highest BCUT2D eigenvalue weighted by molar-refractivity contribution is 6.06. The van der Waals surface area contributed by atoms with Gasteiger partial charge < -0.3 is 9.80 Å². The van der Waals surface area contributed by atoms with Gasteiger partial charge in [-0.3, -0.25) is 4.98 Å². The maximum absolute atomic E-state index is 13.8. The monoisotopic (exact) mass is 397 g/mol. The highest BCUT2D eigenvalue weighted by Gasteiger charge is 2.58. The number of likely N-dealkylation sites (N-methyl/N-ethyl adjacent to an activating group) is 1. The van der Waals surface area contributed by atoms with Crippen molar-refractivity contribution in [2.24, 2.45) is 0 Å². The van der Waals surface area contributed by atoms with Crippen molar-refractivity contribution in [2.75, 3.05) is 38.1 Å². The molecule has 0 unspecified atom stereocenters. The SMILES string of the molecule is CN1CCN(c2nc3ccc(C(F)(F)C(F)(F)F)cc3c3nccnc23)CC1. The van der Waals surface area contributed by atoms with E-state index in [1.54, 1.807) is 0 Å². The molecule has 0 saturated carbocycles. The Kier molecular flexibility index (Phi) is 4.33. The Labute approximate surface area is 156 Å². The summed E-state index contributed by atoms with van der Waals surface area (Å²) < 4.78 is 65.9. The number of anilines is 1. The first-order chi connectivity index (χ1) is 13.2. The van der Waals surface area contributed by atoms with Crippen molar-refractivity contribution in [3.63, 3.8) is 0 Å². The fourth-order valence-corrected chi connectivity index (χ4v) is 3.29. The zero-order chi connectivity index (χ0) is 20.1. The minimum Gasteiger partial charge on any atom is -0.352 e. The number of pyridine rings is 1. The summed E-state index contributed by atoms with van der Waals surface area (Å²) in [5.74, 6) is -4.41. The lowest BCUT2D eigenvalue weighted by molar-refractivity contribution is -0.289. The molecule has 10 heteroatoms. The fraction of sp³-hybridized carbons (Fsp3) is 0.389. The number of aromatic nitrogens is 3. The summed E-state index contributed by atoms with van der Waals surface area (Å²) in [6.45, 7) is 3.03. The van der Waals surface area contributed by atoms with Crippen LogP contribution in [0.25, 0.3) is 21.9 Å². The minimum atomic E-state index is -5.69. The van der Waals surface area contributed by atoms with Gasteiger partial charge in [0.25, 0.3) is 0 Å². The number of halogens is 5. The standard InChI is InChI=1S/C18H16F5N5/c1-27-6-8-28(9-7-27)16-15-14(24-4-5-25-15)12-10-11(2-3-13(12)26-16)17(19,20)18(21,22)23/h2-5,10H,6-9H2,1H3. The number of rotatable bonds is 2. The maximum Gasteiger partial charge on any atom is 0.458 e. The second-order valence-corrected chi connectivity index (χ2v) is 6.78. The summed E-state index contributed by atoms with van der Waals surface area (Å²) in [6.07, 6.45) is -2.86. The van der Waals surface area contributed by atoms with Crippen molar-refractivity contribution in [2.45, 2.75) is 12.1 Å². The van der Waals surface area contributed by atoms with Crippen LogP contribution in [-0.4, -0.2) is 59.3 Å². The van der Waals surface area contributed by atoms with Crippen LogP contribution in [0.2, 0.25) is 0 Å². The Morgan fingerprint density at radius 3 is 2.18 bits per heavy atom. The van der Waals surface area contributed by atoms with Crippen LogP contribution in [-0.2, 0) is 5.92 Å². The number of benzene rings is 1. The lowest BCUT2D eigenvalue weighted by Crippen LogP contribution is -2.45. The van der Waals surface area contributed by atoms with Crippen LogP contribution < -0.4 is 4.90 Å². The second kappa shape index (κ2) is 6.47. The van der Waals surface area contributed by atoms with E-state index in [0.717, 1.165) is 25.2 Å². The van der Waals surface area contributed by atoms with Crippen LogP contribution in [0, 0.1) is 0 Å². The number of alkyl halides is 5. The Hall–Kier alpha value is -2.62. The number of hydrogen-bond acceptors (Lipinski definition) is 5. The van der Waals surface area contributed by atoms with Gasteiger partial charge in [0, 0.05) is 49.5 Å². The van der Waals surface area contributed by atoms with Gasteiger partial charge in [0.1, 0.15) is 11.0 Å². The molecule has 2 aromatic heterocycles. The van der Waals surface area contributed by atoms with E-state index < -0.39 is 17.7 Å². The first-order valence-electron chi connectivity index (χ1n) is 8.61. The highest BCUT2D eigenvalue weighted by atomic mass is 19.4. The van der Waals surface area contributed by atoms with Gasteiger partial charge in [-0.2, -0.15) is 22.0 Å². The summed E-state index contributed by atoms with van der Waals surface area (Å²) >= 11 is 0. The van der Waals surface area contributed by atoms with Gasteiger partial charge in [-0.15, -0.1) is 0 Å². The van der Waals surface area contributed by atoms with Gasteiger partial charge in [0.15, 0.2) is 5.82 Å². The Morgan fingerprint density at radius 1 is 0.893 bits per heavy atom. The van der Waals surface area contributed by atoms with Crippen LogP contribution in [0.1, 0.15) is 5.56 Å². The average Bonchev–Trinajstić information content (AvgIpc) is 2.67. The molecule has 28 heavy (non-hydrogen) atoms. The molecule has 1 fully saturated rings. The summed E-state index contributed by atoms with van der Waals surface area (Å²) in [4.78, 5) is 17.2. The molecule has 5 nitrogen and oxygen atoms in total. The first kappa shape index (κ1) is 18.7. The quantitative estimate of drug-likeness (QED) is 0.489. The van der Waals surface area contributed by atoms with Gasteiger partial charge in [-0.1, -0.05) is 6.07 Å². The molecule has 0 spiro atoms. The lowest BCUT2D eigenvalue weighted by Gasteiger charge is -2.33. The molecule has 0 amide bonds. The summed E-state index contributed by atoms with van der Waals surface area (Å²) in [5.41, 5.74) is -0.217. The third-order valence-electron chi connectivity index (χ3n) is 4.91. The Balaban J connectivity index is 1.90. The van der Waals surface area contributed by atoms with Gasteiger partial charge >= 0.3 is 12.1 Å². The van der Waals surface area contributed by atoms with Crippen LogP contribution in [0.15, 0.2) is 30.6 Å². The summed E-state index contributed by atoms with van der Waals surface area (Å²) in [5, 5.41) is 0.113. The van der Waals surface area contributed by atoms with E-state index in [9.17, 15) is 22.0 Å². The normalized spacial score (nSPS) is 16.9. The molecule has 0 bridgehead atoms. The van der Waals surface area contributed by atoms with Crippen molar-refractivity contribution in [1.82, 2.24) is 19.9 Å². The van der Waals surface area contributed by atoms with Crippen LogP contribution in [0.3, 0.4) is 0 Å². The second-order valence-electron chi connectivity index (χ2n) is 6.78. The lowest BCUT2D eigenvalue weighted by atomic mass is 10.0. The molecule has 3 aromatic rings. The van der Waals surface area contributed by atoms with Gasteiger partial charge in [0.05, 0.1) is 5.52 Å². The predicted molar refractivity (Wildman–Crippen MR) is 94.5 cm³/mol. The minimum absolute atomic E-state index is 0.113. The van der Waals surface area contributed by atoms with Crippen LogP contribution in [0.4, 0.5) is 27.8 Å². The van der Waals surface area contributed by atoms with Gasteiger partial charge in [0.2, 0.25) is 0 Å². The topological polar surface area (TPSA) is 45.2 Å². The zero-order valence-electron chi connectivity index (χ0n) is 14.8. The molecule has 1 saturated heterocycles. The van der Waals surface area contributed by atoms with Crippen molar-refractivity contribution in [3.05, 3.63) is 36.2 Å². The molecule has 0 radical (unpaired) electrons. The van der Waals surface area contributed by atoms with E-state index in [2.05, 4.69) is 19.9 Å². The Morgan fingerprint density at radius 2 is 1.54 bits per heavy atom. The molecule has 0 aliphatic carbocycles. The smallest absolute Gasteiger partial charge is 0.352 e. The van der Waals surface area contributed by atoms with Gasteiger partial charge in [-0.05, 0) is 19.2 Å². The third kappa shape index (κ3) is 3.01. The van der Waals surface area contributed by atoms with Crippen molar-refractivity contribution in [3.8, 4) is 0 Å². The molecule has 1 aromatic carbocycles. The predicted octanol–water partition coefficient (Wildman–Crippen LogP) is 3.58. The Bertz CT molecular complexity index is 1030. The molecule has 4 rings (SSSR count). The number of hydrogen-bond donors (Lipinski definition) is 0. The molecule has 148 valence electrons. The van der Waals surface area contributed by atoms with Crippen molar-refractivity contribution in [1.29, 1.82) is 0 Å². The van der Waals surface area contributed by atoms with E-state index in [0.29, 0.717) is 29.9 Å². The zero-order valence-corrected chi connectivity index (χ0v) is 14.8. The van der Waals surface area contributed by atoms with E-state index in [1.165, 1.54) is 18.5 Å². The average molecular weight is 397 g/mol. The van der Waals surface area contributed by atoms with Crippen molar-refractivity contribution < 1.29 is 22.0 Å². The molecule has 3 heterocycles. The number of fused-ring (bicyclic) bond motifs is 3. The molecular formula is C18H16F5N5. The number of piperazine rings is 1. The van der Waals surface area contributed by atoms with Crippen LogP contribution in [0.5, 0.6) is 0 Å². The fourth-order valence-electron chi connectivity index (χ4n) is 3.29. The third-order valence-corrected chi connectivity index (χ3v) is 4.91. The van der Waals surface area contributed by atoms with E-state index in [4.69, 9.17) is 0 Å². The molecular weight excluding hydrogens is 381 g/mol. The molecule has 1 aliphatic rings. The van der Waals surface area contributed by atoms with Gasteiger partial charge in [-0.25, -0.2) is 9.97 Å². The molecule has 0 atom stereocenters. The molecule has 0 N–H and O–H groups in total. The highest BCUT2D eigenvalue weighted by Crippen LogP contribution is 2.45. The van der Waals surface area contributed by atoms with E-state index in [-0.39, 0.29) is 10.9 Å². The van der Waals surface area contributed by atoms with Crippen LogP contribution >= 0.6 is 0 Å². The summed E-state index contributed by atoms with van der Waals surface area (Å²) in [7, 11) is 2.01. The maximum atomic E-state index is 13.8. The molecule has 1 aliphatic heterocycles. The summed E-state index contributed by atoms with van der Waals surface area (Å²) in [6, 6.07) is 2.75. The number of nitrogens with zero attached hydrogens (tertiary/aromatic N) is 5. The van der Waals surface area contributed by atoms with Crippen molar-refractivity contribution >= 4 is 27.8 Å². The largest absolute Gasteiger partial charge is 0.458 e.